The highest BCUT2D eigenvalue weighted by molar-refractivity contribution is 7.18. The summed E-state index contributed by atoms with van der Waals surface area (Å²) in [4.78, 5) is 29.4. The van der Waals surface area contributed by atoms with Crippen molar-refractivity contribution in [3.63, 3.8) is 0 Å². The van der Waals surface area contributed by atoms with Gasteiger partial charge < -0.3 is 10.6 Å². The zero-order valence-electron chi connectivity index (χ0n) is 15.0. The molecule has 0 fully saturated rings. The summed E-state index contributed by atoms with van der Waals surface area (Å²) in [6.07, 6.45) is 0. The Morgan fingerprint density at radius 2 is 1.81 bits per heavy atom. The number of nitrogens with one attached hydrogen (secondary N) is 2. The summed E-state index contributed by atoms with van der Waals surface area (Å²) in [5.41, 5.74) is 0.808. The zero-order chi connectivity index (χ0) is 19.4. The van der Waals surface area contributed by atoms with Gasteiger partial charge in [-0.05, 0) is 30.2 Å². The average molecular weight is 385 g/mol. The minimum absolute atomic E-state index is 0.0814. The third-order valence-corrected chi connectivity index (χ3v) is 5.14. The van der Waals surface area contributed by atoms with Crippen LogP contribution in [0.1, 0.15) is 29.2 Å². The van der Waals surface area contributed by atoms with Gasteiger partial charge in [0.05, 0.1) is 22.3 Å². The van der Waals surface area contributed by atoms with Crippen LogP contribution in [-0.2, 0) is 11.3 Å². The standard InChI is InChI=1S/C20H20FN3O2S/c1-12(2)18(24-19(25)13-7-3-4-8-14(13)21)20(26)22-11-17-23-15-9-5-6-10-16(15)27-17/h3-10,12,18H,11H2,1-2H3,(H,22,26)(H,24,25)/t18-/m0/s1. The molecule has 0 spiro atoms. The average Bonchev–Trinajstić information content (AvgIpc) is 3.07. The Bertz CT molecular complexity index is 938. The molecule has 0 aliphatic carbocycles. The highest BCUT2D eigenvalue weighted by Gasteiger charge is 2.25. The fourth-order valence-corrected chi connectivity index (χ4v) is 3.57. The van der Waals surface area contributed by atoms with Gasteiger partial charge in [0.2, 0.25) is 5.91 Å². The van der Waals surface area contributed by atoms with E-state index in [-0.39, 0.29) is 23.9 Å². The van der Waals surface area contributed by atoms with E-state index in [2.05, 4.69) is 15.6 Å². The molecule has 0 aliphatic heterocycles. The normalized spacial score (nSPS) is 12.1. The molecule has 2 amide bonds. The largest absolute Gasteiger partial charge is 0.348 e. The Kier molecular flexibility index (Phi) is 5.81. The number of carbonyl (C=O) groups excluding carboxylic acids is 2. The zero-order valence-corrected chi connectivity index (χ0v) is 15.8. The molecule has 1 aromatic heterocycles. The van der Waals surface area contributed by atoms with Crippen LogP contribution in [0.25, 0.3) is 10.2 Å². The maximum atomic E-state index is 13.8. The number of hydrogen-bond donors (Lipinski definition) is 2. The smallest absolute Gasteiger partial charge is 0.254 e. The number of thiazole rings is 1. The van der Waals surface area contributed by atoms with Crippen LogP contribution in [0.4, 0.5) is 4.39 Å². The van der Waals surface area contributed by atoms with E-state index in [1.165, 1.54) is 29.5 Å². The number of benzene rings is 2. The molecule has 7 heteroatoms. The number of para-hydroxylation sites is 1. The molecular formula is C20H20FN3O2S. The van der Waals surface area contributed by atoms with Crippen LogP contribution in [0.15, 0.2) is 48.5 Å². The van der Waals surface area contributed by atoms with E-state index in [0.717, 1.165) is 15.2 Å². The molecule has 0 bridgehead atoms. The molecule has 2 aromatic carbocycles. The summed E-state index contributed by atoms with van der Waals surface area (Å²) in [5, 5.41) is 6.23. The van der Waals surface area contributed by atoms with Crippen LogP contribution in [0.2, 0.25) is 0 Å². The first-order valence-corrected chi connectivity index (χ1v) is 9.45. The second-order valence-corrected chi connectivity index (χ2v) is 7.58. The van der Waals surface area contributed by atoms with Gasteiger partial charge in [0.25, 0.3) is 5.91 Å². The van der Waals surface area contributed by atoms with Crippen LogP contribution in [-0.4, -0.2) is 22.8 Å². The number of rotatable bonds is 6. The highest BCUT2D eigenvalue weighted by atomic mass is 32.1. The van der Waals surface area contributed by atoms with E-state index in [1.807, 2.05) is 38.1 Å². The maximum Gasteiger partial charge on any atom is 0.254 e. The lowest BCUT2D eigenvalue weighted by molar-refractivity contribution is -0.124. The molecule has 3 aromatic rings. The predicted molar refractivity (Wildman–Crippen MR) is 104 cm³/mol. The lowest BCUT2D eigenvalue weighted by Crippen LogP contribution is -2.49. The van der Waals surface area contributed by atoms with Crippen molar-refractivity contribution in [2.24, 2.45) is 5.92 Å². The lowest BCUT2D eigenvalue weighted by atomic mass is 10.0. The number of carbonyl (C=O) groups is 2. The number of amides is 2. The molecule has 0 radical (unpaired) electrons. The van der Waals surface area contributed by atoms with Crippen molar-refractivity contribution in [2.75, 3.05) is 0 Å². The number of nitrogens with zero attached hydrogens (tertiary/aromatic N) is 1. The summed E-state index contributed by atoms with van der Waals surface area (Å²) in [6.45, 7) is 3.92. The molecule has 1 atom stereocenters. The third-order valence-electron chi connectivity index (χ3n) is 4.11. The molecule has 3 rings (SSSR count). The number of fused-ring (bicyclic) bond motifs is 1. The maximum absolute atomic E-state index is 13.8. The van der Waals surface area contributed by atoms with Crippen LogP contribution in [0.3, 0.4) is 0 Å². The molecule has 0 saturated heterocycles. The van der Waals surface area contributed by atoms with Crippen LogP contribution < -0.4 is 10.6 Å². The highest BCUT2D eigenvalue weighted by Crippen LogP contribution is 2.21. The molecule has 27 heavy (non-hydrogen) atoms. The van der Waals surface area contributed by atoms with Gasteiger partial charge in [0, 0.05) is 0 Å². The Morgan fingerprint density at radius 1 is 1.11 bits per heavy atom. The fraction of sp³-hybridized carbons (Fsp3) is 0.250. The van der Waals surface area contributed by atoms with Crippen LogP contribution in [0.5, 0.6) is 0 Å². The van der Waals surface area contributed by atoms with E-state index >= 15 is 0 Å². The van der Waals surface area contributed by atoms with Gasteiger partial charge in [-0.1, -0.05) is 38.1 Å². The van der Waals surface area contributed by atoms with Gasteiger partial charge >= 0.3 is 0 Å². The lowest BCUT2D eigenvalue weighted by Gasteiger charge is -2.21. The van der Waals surface area contributed by atoms with Crippen molar-refractivity contribution in [1.82, 2.24) is 15.6 Å². The van der Waals surface area contributed by atoms with Gasteiger partial charge in [0.15, 0.2) is 0 Å². The van der Waals surface area contributed by atoms with E-state index in [0.29, 0.717) is 0 Å². The second kappa shape index (κ2) is 8.26. The monoisotopic (exact) mass is 385 g/mol. The molecule has 140 valence electrons. The SMILES string of the molecule is CC(C)[C@H](NC(=O)c1ccccc1F)C(=O)NCc1nc2ccccc2s1. The van der Waals surface area contributed by atoms with E-state index in [9.17, 15) is 14.0 Å². The van der Waals surface area contributed by atoms with Gasteiger partial charge in [-0.2, -0.15) is 0 Å². The summed E-state index contributed by atoms with van der Waals surface area (Å²) < 4.78 is 14.8. The number of halogens is 1. The van der Waals surface area contributed by atoms with E-state index in [1.54, 1.807) is 6.07 Å². The molecular weight excluding hydrogens is 365 g/mol. The molecule has 0 saturated carbocycles. The summed E-state index contributed by atoms with van der Waals surface area (Å²) in [6, 6.07) is 12.7. The summed E-state index contributed by atoms with van der Waals surface area (Å²) in [7, 11) is 0. The molecule has 0 aliphatic rings. The van der Waals surface area contributed by atoms with Crippen molar-refractivity contribution in [2.45, 2.75) is 26.4 Å². The Hall–Kier alpha value is -2.80. The quantitative estimate of drug-likeness (QED) is 0.682. The Morgan fingerprint density at radius 3 is 2.52 bits per heavy atom. The summed E-state index contributed by atoms with van der Waals surface area (Å²) in [5.74, 6) is -1.71. The van der Waals surface area contributed by atoms with Crippen molar-refractivity contribution in [3.8, 4) is 0 Å². The van der Waals surface area contributed by atoms with Crippen molar-refractivity contribution in [1.29, 1.82) is 0 Å². The second-order valence-electron chi connectivity index (χ2n) is 6.47. The van der Waals surface area contributed by atoms with Gasteiger partial charge in [-0.3, -0.25) is 9.59 Å². The Labute approximate surface area is 160 Å². The number of aromatic nitrogens is 1. The van der Waals surface area contributed by atoms with Crippen molar-refractivity contribution >= 4 is 33.4 Å². The van der Waals surface area contributed by atoms with E-state index in [4.69, 9.17) is 0 Å². The van der Waals surface area contributed by atoms with Crippen LogP contribution >= 0.6 is 11.3 Å². The molecule has 5 nitrogen and oxygen atoms in total. The van der Waals surface area contributed by atoms with Gasteiger partial charge in [-0.15, -0.1) is 11.3 Å². The Balaban J connectivity index is 1.66. The first-order chi connectivity index (χ1) is 13.0. The number of hydrogen-bond acceptors (Lipinski definition) is 4. The van der Waals surface area contributed by atoms with E-state index < -0.39 is 17.8 Å². The van der Waals surface area contributed by atoms with Crippen molar-refractivity contribution < 1.29 is 14.0 Å². The first-order valence-electron chi connectivity index (χ1n) is 8.63. The minimum Gasteiger partial charge on any atom is -0.348 e. The van der Waals surface area contributed by atoms with Gasteiger partial charge in [-0.25, -0.2) is 9.37 Å². The van der Waals surface area contributed by atoms with Crippen molar-refractivity contribution in [3.05, 3.63) is 64.9 Å². The minimum atomic E-state index is -0.772. The third kappa shape index (κ3) is 4.49. The van der Waals surface area contributed by atoms with Crippen LogP contribution in [0, 0.1) is 11.7 Å². The fourth-order valence-electron chi connectivity index (χ4n) is 2.67. The molecule has 0 unspecified atom stereocenters. The predicted octanol–water partition coefficient (Wildman–Crippen LogP) is 3.51. The topological polar surface area (TPSA) is 71.1 Å². The molecule has 1 heterocycles. The first kappa shape index (κ1) is 19.0. The van der Waals surface area contributed by atoms with Gasteiger partial charge in [0.1, 0.15) is 16.9 Å². The summed E-state index contributed by atoms with van der Waals surface area (Å²) >= 11 is 1.51. The molecule has 2 N–H and O–H groups in total.